The van der Waals surface area contributed by atoms with Crippen molar-refractivity contribution in [2.45, 2.75) is 45.8 Å². The summed E-state index contributed by atoms with van der Waals surface area (Å²) in [4.78, 5) is 23.5. The van der Waals surface area contributed by atoms with Crippen LogP contribution in [-0.4, -0.2) is 38.6 Å². The van der Waals surface area contributed by atoms with E-state index in [9.17, 15) is 14.7 Å². The lowest BCUT2D eigenvalue weighted by Gasteiger charge is -2.22. The topological polar surface area (TPSA) is 93.5 Å². The maximum Gasteiger partial charge on any atom is 0.408 e. The van der Waals surface area contributed by atoms with Gasteiger partial charge in [0.05, 0.1) is 11.4 Å². The third-order valence-corrected chi connectivity index (χ3v) is 3.91. The summed E-state index contributed by atoms with van der Waals surface area (Å²) in [6.45, 7) is 6.85. The molecule has 0 bridgehead atoms. The smallest absolute Gasteiger partial charge is 0.408 e. The van der Waals surface area contributed by atoms with Gasteiger partial charge in [-0.05, 0) is 39.8 Å². The number of aryl methyl sites for hydroxylation is 1. The highest BCUT2D eigenvalue weighted by Gasteiger charge is 2.27. The number of benzene rings is 1. The van der Waals surface area contributed by atoms with Crippen molar-refractivity contribution >= 4 is 23.7 Å². The predicted octanol–water partition coefficient (Wildman–Crippen LogP) is 3.35. The number of carbonyl (C=O) groups is 2. The van der Waals surface area contributed by atoms with Crippen LogP contribution in [0.5, 0.6) is 0 Å². The number of carbonyl (C=O) groups excluding carboxylic acids is 1. The molecule has 0 fully saturated rings. The number of ether oxygens (including phenoxy) is 1. The zero-order valence-electron chi connectivity index (χ0n) is 15.1. The highest BCUT2D eigenvalue weighted by atomic mass is 35.5. The van der Waals surface area contributed by atoms with Gasteiger partial charge < -0.3 is 15.2 Å². The summed E-state index contributed by atoms with van der Waals surface area (Å²) < 4.78 is 6.66. The van der Waals surface area contributed by atoms with E-state index in [4.69, 9.17) is 16.3 Å². The normalized spacial score (nSPS) is 12.5. The first kappa shape index (κ1) is 19.8. The van der Waals surface area contributed by atoms with Crippen LogP contribution in [-0.2, 0) is 16.0 Å². The molecule has 26 heavy (non-hydrogen) atoms. The molecule has 2 aromatic rings. The Kier molecular flexibility index (Phi) is 5.92. The second kappa shape index (κ2) is 7.78. The van der Waals surface area contributed by atoms with Crippen LogP contribution in [0.3, 0.4) is 0 Å². The Labute approximate surface area is 156 Å². The van der Waals surface area contributed by atoms with E-state index in [1.807, 2.05) is 30.3 Å². The molecule has 0 saturated heterocycles. The first-order valence-electron chi connectivity index (χ1n) is 8.10. The predicted molar refractivity (Wildman–Crippen MR) is 97.8 cm³/mol. The maximum atomic E-state index is 11.9. The molecule has 140 valence electrons. The van der Waals surface area contributed by atoms with Gasteiger partial charge in [-0.15, -0.1) is 0 Å². The first-order valence-corrected chi connectivity index (χ1v) is 8.48. The fourth-order valence-corrected chi connectivity index (χ4v) is 2.71. The first-order chi connectivity index (χ1) is 12.1. The fraction of sp³-hybridized carbons (Fsp3) is 0.389. The van der Waals surface area contributed by atoms with Crippen molar-refractivity contribution in [3.05, 3.63) is 46.7 Å². The molecule has 0 aliphatic heterocycles. The van der Waals surface area contributed by atoms with Crippen LogP contribution in [0, 0.1) is 6.92 Å². The van der Waals surface area contributed by atoms with E-state index in [-0.39, 0.29) is 6.42 Å². The van der Waals surface area contributed by atoms with Gasteiger partial charge >= 0.3 is 12.1 Å². The van der Waals surface area contributed by atoms with Gasteiger partial charge in [0, 0.05) is 12.0 Å². The van der Waals surface area contributed by atoms with Crippen LogP contribution < -0.4 is 5.32 Å². The number of carboxylic acids is 1. The Morgan fingerprint density at radius 2 is 1.92 bits per heavy atom. The van der Waals surface area contributed by atoms with E-state index >= 15 is 0 Å². The number of rotatable bonds is 5. The van der Waals surface area contributed by atoms with E-state index in [1.54, 1.807) is 32.4 Å². The van der Waals surface area contributed by atoms with E-state index in [2.05, 4.69) is 10.4 Å². The van der Waals surface area contributed by atoms with Gasteiger partial charge in [-0.25, -0.2) is 14.3 Å². The molecule has 1 amide bonds. The molecule has 1 aromatic carbocycles. The van der Waals surface area contributed by atoms with Crippen molar-refractivity contribution < 1.29 is 19.4 Å². The number of aromatic nitrogens is 2. The minimum Gasteiger partial charge on any atom is -0.480 e. The van der Waals surface area contributed by atoms with Crippen LogP contribution >= 0.6 is 11.6 Å². The molecule has 0 aliphatic rings. The Hall–Kier alpha value is -2.54. The van der Waals surface area contributed by atoms with E-state index in [0.29, 0.717) is 16.4 Å². The summed E-state index contributed by atoms with van der Waals surface area (Å²) in [5.41, 5.74) is 1.19. The van der Waals surface area contributed by atoms with Crippen LogP contribution in [0.2, 0.25) is 5.15 Å². The highest BCUT2D eigenvalue weighted by Crippen LogP contribution is 2.25. The van der Waals surface area contributed by atoms with Gasteiger partial charge in [0.15, 0.2) is 0 Å². The van der Waals surface area contributed by atoms with Crippen molar-refractivity contribution in [3.8, 4) is 5.69 Å². The number of hydrogen-bond acceptors (Lipinski definition) is 4. The molecular weight excluding hydrogens is 358 g/mol. The number of para-hydroxylation sites is 1. The number of amides is 1. The molecule has 1 atom stereocenters. The van der Waals surface area contributed by atoms with Crippen LogP contribution in [0.1, 0.15) is 32.0 Å². The van der Waals surface area contributed by atoms with Gasteiger partial charge in [0.2, 0.25) is 0 Å². The molecular formula is C18H22ClN3O4. The Balaban J connectivity index is 2.23. The largest absolute Gasteiger partial charge is 0.480 e. The van der Waals surface area contributed by atoms with Gasteiger partial charge in [0.25, 0.3) is 0 Å². The molecule has 0 aliphatic carbocycles. The number of halogens is 1. The van der Waals surface area contributed by atoms with Gasteiger partial charge in [0.1, 0.15) is 16.8 Å². The molecule has 1 aromatic heterocycles. The summed E-state index contributed by atoms with van der Waals surface area (Å²) in [7, 11) is 0. The quantitative estimate of drug-likeness (QED) is 0.830. The second-order valence-electron chi connectivity index (χ2n) is 6.84. The average Bonchev–Trinajstić information content (AvgIpc) is 2.81. The number of aliphatic carboxylic acids is 1. The van der Waals surface area contributed by atoms with Gasteiger partial charge in [-0.1, -0.05) is 29.8 Å². The van der Waals surface area contributed by atoms with Crippen molar-refractivity contribution in [3.63, 3.8) is 0 Å². The number of nitrogens with zero attached hydrogens (tertiary/aromatic N) is 2. The highest BCUT2D eigenvalue weighted by molar-refractivity contribution is 6.30. The molecule has 0 spiro atoms. The van der Waals surface area contributed by atoms with Gasteiger partial charge in [-0.2, -0.15) is 5.10 Å². The molecule has 0 radical (unpaired) electrons. The van der Waals surface area contributed by atoms with Crippen molar-refractivity contribution in [2.75, 3.05) is 0 Å². The zero-order chi connectivity index (χ0) is 19.5. The second-order valence-corrected chi connectivity index (χ2v) is 7.20. The van der Waals surface area contributed by atoms with Crippen LogP contribution in [0.4, 0.5) is 4.79 Å². The minimum absolute atomic E-state index is 0.00786. The zero-order valence-corrected chi connectivity index (χ0v) is 15.9. The average molecular weight is 380 g/mol. The van der Waals surface area contributed by atoms with Crippen molar-refractivity contribution in [1.82, 2.24) is 15.1 Å². The third kappa shape index (κ3) is 4.98. The monoisotopic (exact) mass is 379 g/mol. The van der Waals surface area contributed by atoms with E-state index in [0.717, 1.165) is 5.69 Å². The van der Waals surface area contributed by atoms with E-state index < -0.39 is 23.7 Å². The Morgan fingerprint density at radius 1 is 1.31 bits per heavy atom. The van der Waals surface area contributed by atoms with Crippen LogP contribution in [0.25, 0.3) is 5.69 Å². The Bertz CT molecular complexity index is 797. The lowest BCUT2D eigenvalue weighted by molar-refractivity contribution is -0.139. The Morgan fingerprint density at radius 3 is 2.46 bits per heavy atom. The van der Waals surface area contributed by atoms with Crippen LogP contribution in [0.15, 0.2) is 30.3 Å². The number of alkyl carbamates (subject to hydrolysis) is 1. The number of carboxylic acid groups (broad SMARTS) is 1. The summed E-state index contributed by atoms with van der Waals surface area (Å²) in [5, 5.41) is 16.5. The third-order valence-electron chi connectivity index (χ3n) is 3.52. The lowest BCUT2D eigenvalue weighted by Crippen LogP contribution is -2.44. The molecule has 2 N–H and O–H groups in total. The fourth-order valence-electron chi connectivity index (χ4n) is 2.36. The minimum atomic E-state index is -1.19. The maximum absolute atomic E-state index is 11.9. The molecule has 8 heteroatoms. The summed E-state index contributed by atoms with van der Waals surface area (Å²) in [6.07, 6.45) is -0.805. The SMILES string of the molecule is Cc1nn(-c2ccccc2)c(Cl)c1CC(NC(=O)OC(C)(C)C)C(=O)O. The molecule has 2 rings (SSSR count). The summed E-state index contributed by atoms with van der Waals surface area (Å²) in [6, 6.07) is 8.08. The standard InChI is InChI=1S/C18H22ClN3O4/c1-11-13(15(19)22(21-11)12-8-6-5-7-9-12)10-14(16(23)24)20-17(25)26-18(2,3)4/h5-9,14H,10H2,1-4H3,(H,20,25)(H,23,24). The molecule has 7 nitrogen and oxygen atoms in total. The number of hydrogen-bond donors (Lipinski definition) is 2. The van der Waals surface area contributed by atoms with Crippen molar-refractivity contribution in [2.24, 2.45) is 0 Å². The molecule has 1 unspecified atom stereocenters. The summed E-state index contributed by atoms with van der Waals surface area (Å²) in [5.74, 6) is -1.18. The van der Waals surface area contributed by atoms with E-state index in [1.165, 1.54) is 0 Å². The van der Waals surface area contributed by atoms with Gasteiger partial charge in [-0.3, -0.25) is 0 Å². The number of nitrogens with one attached hydrogen (secondary N) is 1. The summed E-state index contributed by atoms with van der Waals surface area (Å²) >= 11 is 6.42. The molecule has 0 saturated carbocycles. The molecule has 1 heterocycles. The van der Waals surface area contributed by atoms with Crippen molar-refractivity contribution in [1.29, 1.82) is 0 Å². The lowest BCUT2D eigenvalue weighted by atomic mass is 10.1.